The predicted octanol–water partition coefficient (Wildman–Crippen LogP) is 1.35. The van der Waals surface area contributed by atoms with Crippen molar-refractivity contribution in [3.63, 3.8) is 0 Å². The highest BCUT2D eigenvalue weighted by Crippen LogP contribution is 2.30. The Bertz CT molecular complexity index is 688. The first-order valence-corrected chi connectivity index (χ1v) is 7.40. The molecule has 0 aromatic heterocycles. The molecule has 0 atom stereocenters. The van der Waals surface area contributed by atoms with Crippen molar-refractivity contribution in [2.24, 2.45) is 0 Å². The van der Waals surface area contributed by atoms with Gasteiger partial charge in [-0.15, -0.1) is 0 Å². The molecule has 0 fully saturated rings. The molecule has 0 radical (unpaired) electrons. The molecule has 0 saturated heterocycles. The van der Waals surface area contributed by atoms with E-state index in [2.05, 4.69) is 4.74 Å². The lowest BCUT2D eigenvalue weighted by Gasteiger charge is -2.16. The molecule has 0 aliphatic carbocycles. The quantitative estimate of drug-likeness (QED) is 0.456. The number of nitro groups is 1. The summed E-state index contributed by atoms with van der Waals surface area (Å²) in [5.74, 6) is -0.756. The number of halogens is 1. The number of nitro benzene ring substituents is 1. The fourth-order valence-electron chi connectivity index (χ4n) is 1.49. The Hall–Kier alpha value is -1.71. The van der Waals surface area contributed by atoms with Crippen LogP contribution in [0.5, 0.6) is 0 Å². The van der Waals surface area contributed by atoms with Gasteiger partial charge in [-0.2, -0.15) is 4.31 Å². The van der Waals surface area contributed by atoms with Crippen molar-refractivity contribution in [1.82, 2.24) is 4.31 Å². The molecule has 0 aliphatic rings. The van der Waals surface area contributed by atoms with Gasteiger partial charge < -0.3 is 4.74 Å². The van der Waals surface area contributed by atoms with Crippen LogP contribution in [0.15, 0.2) is 17.0 Å². The van der Waals surface area contributed by atoms with Crippen molar-refractivity contribution in [3.8, 4) is 0 Å². The molecule has 0 saturated carbocycles. The fourth-order valence-corrected chi connectivity index (χ4v) is 2.93. The molecule has 116 valence electrons. The molecule has 0 aliphatic heterocycles. The Morgan fingerprint density at radius 1 is 1.48 bits per heavy atom. The summed E-state index contributed by atoms with van der Waals surface area (Å²) < 4.78 is 29.6. The number of carbonyl (C=O) groups is 1. The van der Waals surface area contributed by atoms with Gasteiger partial charge in [0.1, 0.15) is 6.54 Å². The number of sulfonamides is 1. The maximum Gasteiger partial charge on any atom is 0.321 e. The van der Waals surface area contributed by atoms with Crippen LogP contribution in [-0.4, -0.2) is 44.3 Å². The number of nitrogens with zero attached hydrogens (tertiary/aromatic N) is 2. The first kappa shape index (κ1) is 17.3. The molecule has 0 bridgehead atoms. The number of ether oxygens (including phenoxy) is 1. The Morgan fingerprint density at radius 2 is 2.05 bits per heavy atom. The van der Waals surface area contributed by atoms with Crippen molar-refractivity contribution >= 4 is 33.3 Å². The Morgan fingerprint density at radius 3 is 2.52 bits per heavy atom. The van der Waals surface area contributed by atoms with Crippen molar-refractivity contribution in [3.05, 3.63) is 32.8 Å². The molecule has 1 aromatic carbocycles. The number of hydrogen-bond donors (Lipinski definition) is 0. The lowest BCUT2D eigenvalue weighted by Crippen LogP contribution is -2.32. The predicted molar refractivity (Wildman–Crippen MR) is 74.7 cm³/mol. The van der Waals surface area contributed by atoms with Crippen LogP contribution >= 0.6 is 11.6 Å². The Labute approximate surface area is 126 Å². The van der Waals surface area contributed by atoms with Gasteiger partial charge in [0.15, 0.2) is 0 Å². The molecule has 0 N–H and O–H groups in total. The van der Waals surface area contributed by atoms with Crippen LogP contribution in [-0.2, 0) is 19.6 Å². The number of esters is 1. The van der Waals surface area contributed by atoms with Gasteiger partial charge in [-0.25, -0.2) is 8.42 Å². The third-order valence-electron chi connectivity index (χ3n) is 2.77. The van der Waals surface area contributed by atoms with Gasteiger partial charge >= 0.3 is 5.97 Å². The first-order valence-electron chi connectivity index (χ1n) is 5.59. The van der Waals surface area contributed by atoms with Crippen molar-refractivity contribution in [2.75, 3.05) is 20.7 Å². The average Bonchev–Trinajstić information content (AvgIpc) is 2.40. The SMILES string of the molecule is COC(=O)CN(C)S(=O)(=O)c1cc(Cl)c(C)c([N+](=O)[O-])c1. The molecule has 0 unspecified atom stereocenters. The monoisotopic (exact) mass is 336 g/mol. The topological polar surface area (TPSA) is 107 Å². The van der Waals surface area contributed by atoms with Gasteiger partial charge in [0.25, 0.3) is 5.69 Å². The van der Waals surface area contributed by atoms with E-state index in [9.17, 15) is 23.3 Å². The van der Waals surface area contributed by atoms with Crippen LogP contribution in [0.2, 0.25) is 5.02 Å². The molecule has 8 nitrogen and oxygen atoms in total. The molecular weight excluding hydrogens is 324 g/mol. The second-order valence-corrected chi connectivity index (χ2v) is 6.60. The average molecular weight is 337 g/mol. The minimum Gasteiger partial charge on any atom is -0.468 e. The number of likely N-dealkylation sites (N-methyl/N-ethyl adjacent to an activating group) is 1. The van der Waals surface area contributed by atoms with E-state index >= 15 is 0 Å². The standard InChI is InChI=1S/C11H13ClN2O6S/c1-7-9(12)4-8(5-10(7)14(16)17)21(18,19)13(2)6-11(15)20-3/h4-5H,6H2,1-3H3. The van der Waals surface area contributed by atoms with Crippen molar-refractivity contribution < 1.29 is 22.9 Å². The van der Waals surface area contributed by atoms with E-state index < -0.39 is 33.1 Å². The summed E-state index contributed by atoms with van der Waals surface area (Å²) >= 11 is 5.83. The van der Waals surface area contributed by atoms with Crippen molar-refractivity contribution in [2.45, 2.75) is 11.8 Å². The van der Waals surface area contributed by atoms with Gasteiger partial charge in [-0.1, -0.05) is 11.6 Å². The van der Waals surface area contributed by atoms with Crippen LogP contribution in [0, 0.1) is 17.0 Å². The van der Waals surface area contributed by atoms with Gasteiger partial charge in [-0.05, 0) is 13.0 Å². The Balaban J connectivity index is 3.32. The number of carbonyl (C=O) groups excluding carboxylic acids is 1. The second-order valence-electron chi connectivity index (χ2n) is 4.14. The summed E-state index contributed by atoms with van der Waals surface area (Å²) in [6.07, 6.45) is 0. The fraction of sp³-hybridized carbons (Fsp3) is 0.364. The van der Waals surface area contributed by atoms with E-state index in [1.807, 2.05) is 0 Å². The Kier molecular flexibility index (Phi) is 5.26. The zero-order chi connectivity index (χ0) is 16.4. The van der Waals surface area contributed by atoms with Gasteiger partial charge in [0.05, 0.1) is 22.0 Å². The minimum atomic E-state index is -4.10. The van der Waals surface area contributed by atoms with E-state index in [0.717, 1.165) is 30.6 Å². The highest BCUT2D eigenvalue weighted by molar-refractivity contribution is 7.89. The zero-order valence-corrected chi connectivity index (χ0v) is 13.1. The van der Waals surface area contributed by atoms with E-state index in [1.165, 1.54) is 6.92 Å². The summed E-state index contributed by atoms with van der Waals surface area (Å²) in [5, 5.41) is 10.9. The summed E-state index contributed by atoms with van der Waals surface area (Å²) in [5.41, 5.74) is -0.246. The van der Waals surface area contributed by atoms with Crippen LogP contribution in [0.3, 0.4) is 0 Å². The van der Waals surface area contributed by atoms with Gasteiger partial charge in [0.2, 0.25) is 10.0 Å². The second kappa shape index (κ2) is 6.37. The number of hydrogen-bond acceptors (Lipinski definition) is 6. The van der Waals surface area contributed by atoms with Crippen LogP contribution in [0.1, 0.15) is 5.56 Å². The minimum absolute atomic E-state index is 0.0470. The summed E-state index contributed by atoms with van der Waals surface area (Å²) in [7, 11) is -1.82. The molecule has 21 heavy (non-hydrogen) atoms. The summed E-state index contributed by atoms with van der Waals surface area (Å²) in [6, 6.07) is 2.01. The van der Waals surface area contributed by atoms with E-state index in [1.54, 1.807) is 0 Å². The highest BCUT2D eigenvalue weighted by Gasteiger charge is 2.27. The number of rotatable bonds is 5. The van der Waals surface area contributed by atoms with Crippen molar-refractivity contribution in [1.29, 1.82) is 0 Å². The normalized spacial score (nSPS) is 11.5. The molecule has 1 rings (SSSR count). The molecule has 0 amide bonds. The molecule has 0 heterocycles. The molecule has 1 aromatic rings. The van der Waals surface area contributed by atoms with Crippen LogP contribution in [0.4, 0.5) is 5.69 Å². The smallest absolute Gasteiger partial charge is 0.321 e. The lowest BCUT2D eigenvalue weighted by atomic mass is 10.2. The zero-order valence-electron chi connectivity index (χ0n) is 11.5. The lowest BCUT2D eigenvalue weighted by molar-refractivity contribution is -0.385. The van der Waals surface area contributed by atoms with Gasteiger partial charge in [-0.3, -0.25) is 14.9 Å². The molecule has 0 spiro atoms. The summed E-state index contributed by atoms with van der Waals surface area (Å²) in [4.78, 5) is 21.0. The van der Waals surface area contributed by atoms with E-state index in [0.29, 0.717) is 0 Å². The largest absolute Gasteiger partial charge is 0.468 e. The molecular formula is C11H13ClN2O6S. The number of benzene rings is 1. The van der Waals surface area contributed by atoms with E-state index in [-0.39, 0.29) is 15.5 Å². The molecule has 10 heteroatoms. The van der Waals surface area contributed by atoms with Crippen LogP contribution < -0.4 is 0 Å². The third-order valence-corrected chi connectivity index (χ3v) is 4.95. The maximum atomic E-state index is 12.3. The maximum absolute atomic E-state index is 12.3. The van der Waals surface area contributed by atoms with E-state index in [4.69, 9.17) is 11.6 Å². The first-order chi connectivity index (χ1) is 9.61. The third kappa shape index (κ3) is 3.69. The summed E-state index contributed by atoms with van der Waals surface area (Å²) in [6.45, 7) is 0.896. The van der Waals surface area contributed by atoms with Crippen LogP contribution in [0.25, 0.3) is 0 Å². The number of methoxy groups -OCH3 is 1. The highest BCUT2D eigenvalue weighted by atomic mass is 35.5. The van der Waals surface area contributed by atoms with Gasteiger partial charge in [0, 0.05) is 18.7 Å².